The molecule has 0 aliphatic heterocycles. The third kappa shape index (κ3) is 2.03. The fourth-order valence-corrected chi connectivity index (χ4v) is 0.786. The lowest BCUT2D eigenvalue weighted by atomic mass is 10.4. The molecular formula is C6H8N3O3. The van der Waals surface area contributed by atoms with Crippen molar-refractivity contribution in [3.8, 4) is 0 Å². The lowest BCUT2D eigenvalue weighted by Gasteiger charge is -2.01. The molecule has 0 bridgehead atoms. The summed E-state index contributed by atoms with van der Waals surface area (Å²) in [6.07, 6.45) is 1.75. The number of nitrogens with zero attached hydrogens (tertiary/aromatic N) is 3. The highest BCUT2D eigenvalue weighted by Gasteiger charge is 2.10. The summed E-state index contributed by atoms with van der Waals surface area (Å²) in [7, 11) is 0. The molecule has 1 aromatic heterocycles. The number of hydrogen-bond acceptors (Lipinski definition) is 4. The van der Waals surface area contributed by atoms with Gasteiger partial charge in [-0.05, 0) is 16.8 Å². The molecule has 6 nitrogen and oxygen atoms in total. The van der Waals surface area contributed by atoms with E-state index < -0.39 is 11.0 Å². The maximum atomic E-state index is 10.2. The van der Waals surface area contributed by atoms with Gasteiger partial charge in [0.2, 0.25) is 6.33 Å². The molecule has 0 aliphatic rings. The minimum atomic E-state index is -0.779. The summed E-state index contributed by atoms with van der Waals surface area (Å²) < 4.78 is 1.41. The Kier molecular flexibility index (Phi) is 2.39. The topological polar surface area (TPSA) is 81.2 Å². The molecule has 1 radical (unpaired) electrons. The molecule has 0 fully saturated rings. The molecule has 1 heterocycles. The van der Waals surface area contributed by atoms with Gasteiger partial charge < -0.3 is 19.8 Å². The van der Waals surface area contributed by atoms with Gasteiger partial charge in [-0.3, -0.25) is 0 Å². The number of aromatic nitrogens is 2. The first kappa shape index (κ1) is 8.66. The lowest BCUT2D eigenvalue weighted by Crippen LogP contribution is -2.10. The van der Waals surface area contributed by atoms with E-state index in [1.54, 1.807) is 0 Å². The maximum absolute atomic E-state index is 10.2. The van der Waals surface area contributed by atoms with Gasteiger partial charge in [-0.15, -0.1) is 0 Å². The summed E-state index contributed by atoms with van der Waals surface area (Å²) in [4.78, 5) is 13.1. The number of aliphatic hydroxyl groups is 1. The van der Waals surface area contributed by atoms with Gasteiger partial charge in [0.25, 0.3) is 0 Å². The summed E-state index contributed by atoms with van der Waals surface area (Å²) in [6, 6.07) is 0. The van der Waals surface area contributed by atoms with Crippen molar-refractivity contribution >= 4 is 5.82 Å². The molecule has 1 unspecified atom stereocenters. The van der Waals surface area contributed by atoms with Crippen LogP contribution in [0, 0.1) is 17.0 Å². The highest BCUT2D eigenvalue weighted by molar-refractivity contribution is 5.12. The predicted molar refractivity (Wildman–Crippen MR) is 40.2 cm³/mol. The Hall–Kier alpha value is -1.43. The van der Waals surface area contributed by atoms with Gasteiger partial charge in [-0.1, -0.05) is 0 Å². The van der Waals surface area contributed by atoms with Crippen LogP contribution in [-0.2, 0) is 6.54 Å². The van der Waals surface area contributed by atoms with Crippen molar-refractivity contribution < 1.29 is 10.0 Å². The smallest absolute Gasteiger partial charge is 0.381 e. The highest BCUT2D eigenvalue weighted by Crippen LogP contribution is 2.05. The molecule has 1 aromatic rings. The van der Waals surface area contributed by atoms with E-state index in [-0.39, 0.29) is 12.4 Å². The van der Waals surface area contributed by atoms with Crippen LogP contribution < -0.4 is 0 Å². The second kappa shape index (κ2) is 3.31. The van der Waals surface area contributed by atoms with Gasteiger partial charge >= 0.3 is 5.82 Å². The zero-order chi connectivity index (χ0) is 9.14. The Morgan fingerprint density at radius 3 is 3.00 bits per heavy atom. The lowest BCUT2D eigenvalue weighted by molar-refractivity contribution is -0.389. The number of rotatable bonds is 3. The van der Waals surface area contributed by atoms with Crippen LogP contribution in [0.5, 0.6) is 0 Å². The zero-order valence-electron chi connectivity index (χ0n) is 6.25. The van der Waals surface area contributed by atoms with Crippen LogP contribution >= 0.6 is 0 Å². The van der Waals surface area contributed by atoms with Gasteiger partial charge in [0.15, 0.2) is 0 Å². The third-order valence-electron chi connectivity index (χ3n) is 1.23. The summed E-state index contributed by atoms with van der Waals surface area (Å²) in [5.74, 6) is -0.226. The largest absolute Gasteiger partial charge is 0.391 e. The van der Waals surface area contributed by atoms with E-state index >= 15 is 0 Å². The molecule has 0 saturated carbocycles. The fraction of sp³-hybridized carbons (Fsp3) is 0.333. The van der Waals surface area contributed by atoms with Crippen molar-refractivity contribution in [2.24, 2.45) is 0 Å². The summed E-state index contributed by atoms with van der Waals surface area (Å²) >= 11 is 0. The quantitative estimate of drug-likeness (QED) is 0.510. The van der Waals surface area contributed by atoms with E-state index in [0.717, 1.165) is 0 Å². The molecule has 6 heteroatoms. The normalized spacial score (nSPS) is 12.8. The second-order valence-corrected chi connectivity index (χ2v) is 2.34. The highest BCUT2D eigenvalue weighted by atomic mass is 16.6. The molecule has 65 valence electrons. The third-order valence-corrected chi connectivity index (χ3v) is 1.23. The Labute approximate surface area is 68.6 Å². The van der Waals surface area contributed by atoms with Crippen LogP contribution in [0.4, 0.5) is 5.82 Å². The van der Waals surface area contributed by atoms with E-state index in [1.165, 1.54) is 17.1 Å². The van der Waals surface area contributed by atoms with Crippen LogP contribution in [-0.4, -0.2) is 25.7 Å². The van der Waals surface area contributed by atoms with E-state index in [1.807, 2.05) is 0 Å². The van der Waals surface area contributed by atoms with E-state index in [0.29, 0.717) is 0 Å². The summed E-state index contributed by atoms with van der Waals surface area (Å²) in [6.45, 7) is 3.53. The maximum Gasteiger partial charge on any atom is 0.381 e. The predicted octanol–water partition coefficient (Wildman–Crippen LogP) is -0.0137. The number of nitro groups is 1. The van der Waals surface area contributed by atoms with Crippen LogP contribution in [0.3, 0.4) is 0 Å². The molecule has 0 saturated heterocycles. The van der Waals surface area contributed by atoms with Gasteiger partial charge in [-0.2, -0.15) is 0 Å². The van der Waals surface area contributed by atoms with Crippen molar-refractivity contribution in [3.05, 3.63) is 29.6 Å². The minimum absolute atomic E-state index is 0.209. The zero-order valence-corrected chi connectivity index (χ0v) is 6.25. The Morgan fingerprint density at radius 1 is 1.92 bits per heavy atom. The molecule has 12 heavy (non-hydrogen) atoms. The summed E-state index contributed by atoms with van der Waals surface area (Å²) in [5.41, 5.74) is 0. The van der Waals surface area contributed by atoms with Crippen molar-refractivity contribution in [3.63, 3.8) is 0 Å². The Balaban J connectivity index is 2.71. The average Bonchev–Trinajstić information content (AvgIpc) is 2.34. The number of imidazole rings is 1. The van der Waals surface area contributed by atoms with Crippen molar-refractivity contribution in [2.45, 2.75) is 12.6 Å². The SMILES string of the molecule is [CH2]C(O)Cn1cnc([N+](=O)[O-])c1. The van der Waals surface area contributed by atoms with E-state index in [4.69, 9.17) is 5.11 Å². The first-order valence-corrected chi connectivity index (χ1v) is 3.27. The second-order valence-electron chi connectivity index (χ2n) is 2.34. The molecule has 0 amide bonds. The van der Waals surface area contributed by atoms with Crippen LogP contribution in [0.2, 0.25) is 0 Å². The molecule has 0 aromatic carbocycles. The van der Waals surface area contributed by atoms with Gasteiger partial charge in [0, 0.05) is 0 Å². The average molecular weight is 170 g/mol. The molecular weight excluding hydrogens is 162 g/mol. The fourth-order valence-electron chi connectivity index (χ4n) is 0.786. The van der Waals surface area contributed by atoms with E-state index in [2.05, 4.69) is 11.9 Å². The molecule has 1 rings (SSSR count). The van der Waals surface area contributed by atoms with Gasteiger partial charge in [0.05, 0.1) is 12.6 Å². The molecule has 1 N–H and O–H groups in total. The standard InChI is InChI=1S/C6H8N3O3/c1-5(10)2-8-3-6(7-4-8)9(11)12/h3-5,10H,1-2H2. The first-order valence-electron chi connectivity index (χ1n) is 3.27. The summed E-state index contributed by atoms with van der Waals surface area (Å²) in [5, 5.41) is 19.0. The molecule has 0 aliphatic carbocycles. The molecule has 1 atom stereocenters. The van der Waals surface area contributed by atoms with Crippen LogP contribution in [0.15, 0.2) is 12.5 Å². The first-order chi connectivity index (χ1) is 5.59. The Bertz CT molecular complexity index is 281. The number of hydrogen-bond donors (Lipinski definition) is 1. The van der Waals surface area contributed by atoms with Crippen LogP contribution in [0.25, 0.3) is 0 Å². The van der Waals surface area contributed by atoms with Crippen molar-refractivity contribution in [2.75, 3.05) is 0 Å². The van der Waals surface area contributed by atoms with Crippen LogP contribution in [0.1, 0.15) is 0 Å². The van der Waals surface area contributed by atoms with Crippen molar-refractivity contribution in [1.82, 2.24) is 9.55 Å². The van der Waals surface area contributed by atoms with Gasteiger partial charge in [-0.25, -0.2) is 0 Å². The number of aliphatic hydroxyl groups excluding tert-OH is 1. The van der Waals surface area contributed by atoms with Gasteiger partial charge in [0.1, 0.15) is 6.20 Å². The van der Waals surface area contributed by atoms with Crippen molar-refractivity contribution in [1.29, 1.82) is 0 Å². The Morgan fingerprint density at radius 2 is 2.58 bits per heavy atom. The monoisotopic (exact) mass is 170 g/mol. The molecule has 0 spiro atoms. The minimum Gasteiger partial charge on any atom is -0.391 e. The van der Waals surface area contributed by atoms with E-state index in [9.17, 15) is 10.1 Å².